The highest BCUT2D eigenvalue weighted by atomic mass is 32.2. The third-order valence-electron chi connectivity index (χ3n) is 3.63. The number of rotatable bonds is 6. The minimum Gasteiger partial charge on any atom is -0.480 e. The first-order valence-corrected chi connectivity index (χ1v) is 9.59. The Morgan fingerprint density at radius 2 is 1.75 bits per heavy atom. The van der Waals surface area contributed by atoms with Crippen LogP contribution in [0.4, 0.5) is 0 Å². The molecule has 7 heteroatoms. The van der Waals surface area contributed by atoms with E-state index >= 15 is 0 Å². The van der Waals surface area contributed by atoms with Crippen molar-refractivity contribution in [3.63, 3.8) is 0 Å². The monoisotopic (exact) mass is 361 g/mol. The number of aliphatic carboxylic acids is 1. The SMILES string of the molecule is O=C(O)C(Cc1csc2ccccc12)NS(=O)(=O)c1ccccc1. The van der Waals surface area contributed by atoms with Gasteiger partial charge < -0.3 is 5.11 Å². The molecule has 5 nitrogen and oxygen atoms in total. The smallest absolute Gasteiger partial charge is 0.322 e. The third-order valence-corrected chi connectivity index (χ3v) is 6.13. The fraction of sp³-hybridized carbons (Fsp3) is 0.118. The Bertz CT molecular complexity index is 964. The average molecular weight is 361 g/mol. The molecule has 1 unspecified atom stereocenters. The van der Waals surface area contributed by atoms with Crippen LogP contribution in [0.2, 0.25) is 0 Å². The number of sulfonamides is 1. The predicted octanol–water partition coefficient (Wildman–Crippen LogP) is 2.88. The van der Waals surface area contributed by atoms with Gasteiger partial charge in [0.05, 0.1) is 4.90 Å². The maximum atomic E-state index is 12.4. The van der Waals surface area contributed by atoms with Crippen LogP contribution in [-0.4, -0.2) is 25.5 Å². The molecule has 1 heterocycles. The van der Waals surface area contributed by atoms with Crippen molar-refractivity contribution in [2.45, 2.75) is 17.4 Å². The Kier molecular flexibility index (Phi) is 4.66. The van der Waals surface area contributed by atoms with Crippen LogP contribution in [0.25, 0.3) is 10.1 Å². The molecule has 0 fully saturated rings. The number of benzene rings is 2. The average Bonchev–Trinajstić information content (AvgIpc) is 2.98. The van der Waals surface area contributed by atoms with Crippen molar-refractivity contribution in [1.82, 2.24) is 4.72 Å². The van der Waals surface area contributed by atoms with E-state index in [9.17, 15) is 18.3 Å². The van der Waals surface area contributed by atoms with Gasteiger partial charge in [-0.15, -0.1) is 11.3 Å². The zero-order chi connectivity index (χ0) is 17.2. The van der Waals surface area contributed by atoms with Crippen molar-refractivity contribution in [3.8, 4) is 0 Å². The quantitative estimate of drug-likeness (QED) is 0.707. The molecule has 0 spiro atoms. The summed E-state index contributed by atoms with van der Waals surface area (Å²) in [6.45, 7) is 0. The lowest BCUT2D eigenvalue weighted by Crippen LogP contribution is -2.42. The Morgan fingerprint density at radius 1 is 1.08 bits per heavy atom. The summed E-state index contributed by atoms with van der Waals surface area (Å²) in [5.74, 6) is -1.20. The molecule has 2 N–H and O–H groups in total. The molecule has 2 aromatic carbocycles. The van der Waals surface area contributed by atoms with Gasteiger partial charge >= 0.3 is 5.97 Å². The van der Waals surface area contributed by atoms with Crippen LogP contribution >= 0.6 is 11.3 Å². The zero-order valence-corrected chi connectivity index (χ0v) is 14.2. The number of thiophene rings is 1. The number of carbonyl (C=O) groups is 1. The van der Waals surface area contributed by atoms with Gasteiger partial charge in [-0.3, -0.25) is 4.79 Å². The zero-order valence-electron chi connectivity index (χ0n) is 12.5. The third kappa shape index (κ3) is 3.48. The molecule has 3 rings (SSSR count). The van der Waals surface area contributed by atoms with Gasteiger partial charge in [-0.1, -0.05) is 36.4 Å². The van der Waals surface area contributed by atoms with Gasteiger partial charge in [0, 0.05) is 11.1 Å². The summed E-state index contributed by atoms with van der Waals surface area (Å²) < 4.78 is 28.1. The molecule has 0 radical (unpaired) electrons. The predicted molar refractivity (Wildman–Crippen MR) is 93.7 cm³/mol. The van der Waals surface area contributed by atoms with Gasteiger partial charge in [0.2, 0.25) is 10.0 Å². The maximum absolute atomic E-state index is 12.4. The molecule has 0 saturated carbocycles. The van der Waals surface area contributed by atoms with Crippen molar-refractivity contribution >= 4 is 37.4 Å². The number of hydrogen-bond acceptors (Lipinski definition) is 4. The summed E-state index contributed by atoms with van der Waals surface area (Å²) in [7, 11) is -3.89. The fourth-order valence-electron chi connectivity index (χ4n) is 2.45. The van der Waals surface area contributed by atoms with E-state index in [0.29, 0.717) is 0 Å². The maximum Gasteiger partial charge on any atom is 0.322 e. The molecule has 0 aliphatic rings. The highest BCUT2D eigenvalue weighted by Gasteiger charge is 2.26. The van der Waals surface area contributed by atoms with E-state index in [1.165, 1.54) is 23.5 Å². The number of nitrogens with one attached hydrogen (secondary N) is 1. The number of carboxylic acids is 1. The van der Waals surface area contributed by atoms with Gasteiger partial charge in [0.25, 0.3) is 0 Å². The summed E-state index contributed by atoms with van der Waals surface area (Å²) in [6.07, 6.45) is 0.0887. The minimum atomic E-state index is -3.89. The van der Waals surface area contributed by atoms with Crippen LogP contribution in [0, 0.1) is 0 Å². The molecule has 0 bridgehead atoms. The molecule has 0 aliphatic heterocycles. The van der Waals surface area contributed by atoms with E-state index in [1.54, 1.807) is 18.2 Å². The van der Waals surface area contributed by atoms with Gasteiger partial charge in [0.15, 0.2) is 0 Å². The normalized spacial score (nSPS) is 13.0. The number of fused-ring (bicyclic) bond motifs is 1. The molecule has 3 aromatic rings. The van der Waals surface area contributed by atoms with E-state index < -0.39 is 22.0 Å². The molecule has 0 aliphatic carbocycles. The molecule has 1 aromatic heterocycles. The van der Waals surface area contributed by atoms with Crippen LogP contribution in [0.3, 0.4) is 0 Å². The lowest BCUT2D eigenvalue weighted by molar-refractivity contribution is -0.138. The van der Waals surface area contributed by atoms with Gasteiger partial charge in [-0.2, -0.15) is 4.72 Å². The van der Waals surface area contributed by atoms with E-state index in [-0.39, 0.29) is 11.3 Å². The molecule has 24 heavy (non-hydrogen) atoms. The lowest BCUT2D eigenvalue weighted by atomic mass is 10.1. The van der Waals surface area contributed by atoms with Gasteiger partial charge in [-0.05, 0) is 34.5 Å². The molecule has 1 atom stereocenters. The van der Waals surface area contributed by atoms with Crippen LogP contribution in [0.15, 0.2) is 64.9 Å². The van der Waals surface area contributed by atoms with E-state index in [1.807, 2.05) is 29.6 Å². The van der Waals surface area contributed by atoms with E-state index in [4.69, 9.17) is 0 Å². The summed E-state index contributed by atoms with van der Waals surface area (Å²) in [5.41, 5.74) is 0.818. The molecule has 0 saturated heterocycles. The van der Waals surface area contributed by atoms with E-state index in [0.717, 1.165) is 15.6 Å². The molecule has 0 amide bonds. The van der Waals surface area contributed by atoms with Crippen molar-refractivity contribution in [2.75, 3.05) is 0 Å². The highest BCUT2D eigenvalue weighted by Crippen LogP contribution is 2.26. The Morgan fingerprint density at radius 3 is 2.46 bits per heavy atom. The summed E-state index contributed by atoms with van der Waals surface area (Å²) >= 11 is 1.51. The lowest BCUT2D eigenvalue weighted by Gasteiger charge is -2.14. The Labute approximate surface area is 143 Å². The van der Waals surface area contributed by atoms with E-state index in [2.05, 4.69) is 4.72 Å². The van der Waals surface area contributed by atoms with Crippen molar-refractivity contribution < 1.29 is 18.3 Å². The fourth-order valence-corrected chi connectivity index (χ4v) is 4.63. The van der Waals surface area contributed by atoms with Gasteiger partial charge in [0.1, 0.15) is 6.04 Å². The second-order valence-corrected chi connectivity index (χ2v) is 7.91. The summed E-state index contributed by atoms with van der Waals surface area (Å²) in [6, 6.07) is 14.2. The number of hydrogen-bond donors (Lipinski definition) is 2. The first-order chi connectivity index (χ1) is 11.5. The van der Waals surface area contributed by atoms with Crippen LogP contribution in [0.5, 0.6) is 0 Å². The van der Waals surface area contributed by atoms with Gasteiger partial charge in [-0.25, -0.2) is 8.42 Å². The summed E-state index contributed by atoms with van der Waals surface area (Å²) in [4.78, 5) is 11.6. The van der Waals surface area contributed by atoms with Crippen LogP contribution < -0.4 is 4.72 Å². The second kappa shape index (κ2) is 6.72. The minimum absolute atomic E-state index is 0.0476. The van der Waals surface area contributed by atoms with Crippen molar-refractivity contribution in [3.05, 3.63) is 65.5 Å². The summed E-state index contributed by atoms with van der Waals surface area (Å²) in [5, 5.41) is 12.3. The Balaban J connectivity index is 1.87. The van der Waals surface area contributed by atoms with Crippen LogP contribution in [-0.2, 0) is 21.2 Å². The van der Waals surface area contributed by atoms with Crippen molar-refractivity contribution in [2.24, 2.45) is 0 Å². The number of carboxylic acid groups (broad SMARTS) is 1. The molecular weight excluding hydrogens is 346 g/mol. The van der Waals surface area contributed by atoms with Crippen molar-refractivity contribution in [1.29, 1.82) is 0 Å². The standard InChI is InChI=1S/C17H15NO4S2/c19-17(20)15(18-24(21,22)13-6-2-1-3-7-13)10-12-11-23-16-9-5-4-8-14(12)16/h1-9,11,15,18H,10H2,(H,19,20). The first-order valence-electron chi connectivity index (χ1n) is 7.22. The second-order valence-electron chi connectivity index (χ2n) is 5.29. The van der Waals surface area contributed by atoms with Crippen LogP contribution in [0.1, 0.15) is 5.56 Å². The molecule has 124 valence electrons. The highest BCUT2D eigenvalue weighted by molar-refractivity contribution is 7.89. The molecular formula is C17H15NO4S2. The Hall–Kier alpha value is -2.22. The topological polar surface area (TPSA) is 83.5 Å². The first kappa shape index (κ1) is 16.6. The largest absolute Gasteiger partial charge is 0.480 e.